The van der Waals surface area contributed by atoms with Crippen LogP contribution in [-0.2, 0) is 4.79 Å². The number of nitrogens with one attached hydrogen (secondary N) is 1. The molecule has 1 aliphatic rings. The monoisotopic (exact) mass is 443 g/mol. The molecular formula is C24H30ClN3O3. The molecule has 1 heterocycles. The van der Waals surface area contributed by atoms with E-state index in [1.807, 2.05) is 36.4 Å². The summed E-state index contributed by atoms with van der Waals surface area (Å²) in [5, 5.41) is 3.63. The first kappa shape index (κ1) is 23.1. The van der Waals surface area contributed by atoms with E-state index in [0.717, 1.165) is 11.3 Å². The molecule has 166 valence electrons. The van der Waals surface area contributed by atoms with Gasteiger partial charge in [0.2, 0.25) is 5.91 Å². The molecular weight excluding hydrogens is 414 g/mol. The van der Waals surface area contributed by atoms with Crippen molar-refractivity contribution in [1.29, 1.82) is 0 Å². The van der Waals surface area contributed by atoms with E-state index >= 15 is 0 Å². The minimum absolute atomic E-state index is 0.0135. The molecule has 1 saturated heterocycles. The summed E-state index contributed by atoms with van der Waals surface area (Å²) in [6.07, 6.45) is 0. The van der Waals surface area contributed by atoms with Gasteiger partial charge in [-0.15, -0.1) is 0 Å². The number of hydrogen-bond acceptors (Lipinski definition) is 4. The highest BCUT2D eigenvalue weighted by molar-refractivity contribution is 6.33. The predicted octanol–water partition coefficient (Wildman–Crippen LogP) is 3.62. The van der Waals surface area contributed by atoms with Crippen LogP contribution in [-0.4, -0.2) is 61.4 Å². The second-order valence-electron chi connectivity index (χ2n) is 8.11. The number of methoxy groups -OCH3 is 1. The molecule has 1 unspecified atom stereocenters. The summed E-state index contributed by atoms with van der Waals surface area (Å²) in [7, 11) is 1.64. The van der Waals surface area contributed by atoms with Crippen LogP contribution in [0.5, 0.6) is 5.75 Å². The molecule has 7 heteroatoms. The van der Waals surface area contributed by atoms with E-state index in [9.17, 15) is 9.59 Å². The molecule has 0 aromatic heterocycles. The van der Waals surface area contributed by atoms with Crippen molar-refractivity contribution in [2.45, 2.75) is 19.9 Å². The number of piperazine rings is 1. The Bertz CT molecular complexity index is 893. The molecule has 2 amide bonds. The van der Waals surface area contributed by atoms with Crippen molar-refractivity contribution in [1.82, 2.24) is 15.1 Å². The summed E-state index contributed by atoms with van der Waals surface area (Å²) in [6.45, 7) is 6.94. The van der Waals surface area contributed by atoms with Crippen molar-refractivity contribution in [3.05, 3.63) is 64.7 Å². The molecule has 0 spiro atoms. The summed E-state index contributed by atoms with van der Waals surface area (Å²) < 4.78 is 5.22. The fourth-order valence-corrected chi connectivity index (χ4v) is 4.00. The van der Waals surface area contributed by atoms with E-state index < -0.39 is 0 Å². The van der Waals surface area contributed by atoms with Crippen LogP contribution in [0.15, 0.2) is 48.5 Å². The summed E-state index contributed by atoms with van der Waals surface area (Å²) in [4.78, 5) is 29.3. The number of carbonyl (C=O) groups excluding carboxylic acids is 2. The zero-order valence-electron chi connectivity index (χ0n) is 18.3. The largest absolute Gasteiger partial charge is 0.497 e. The smallest absolute Gasteiger partial charge is 0.255 e. The highest BCUT2D eigenvalue weighted by Gasteiger charge is 2.25. The van der Waals surface area contributed by atoms with Crippen LogP contribution < -0.4 is 10.1 Å². The van der Waals surface area contributed by atoms with E-state index in [0.29, 0.717) is 43.3 Å². The maximum atomic E-state index is 12.7. The van der Waals surface area contributed by atoms with Gasteiger partial charge < -0.3 is 15.0 Å². The summed E-state index contributed by atoms with van der Waals surface area (Å²) >= 11 is 6.16. The van der Waals surface area contributed by atoms with Crippen molar-refractivity contribution in [3.8, 4) is 5.75 Å². The summed E-state index contributed by atoms with van der Waals surface area (Å²) in [6, 6.07) is 14.8. The number of amides is 2. The van der Waals surface area contributed by atoms with Crippen LogP contribution in [0.3, 0.4) is 0 Å². The molecule has 1 N–H and O–H groups in total. The molecule has 0 bridgehead atoms. The van der Waals surface area contributed by atoms with E-state index in [2.05, 4.69) is 24.1 Å². The number of nitrogens with zero attached hydrogens (tertiary/aromatic N) is 2. The van der Waals surface area contributed by atoms with Gasteiger partial charge in [0.05, 0.1) is 30.3 Å². The standard InChI is InChI=1S/C24H30ClN3O3/c1-17(2)23(18-8-10-19(31-3)11-9-18)26-22(29)16-27-12-14-28(15-13-27)24(30)20-6-4-5-7-21(20)25/h4-11,17,23H,12-16H2,1-3H3,(H,26,29). The Balaban J connectivity index is 1.53. The molecule has 6 nitrogen and oxygen atoms in total. The molecule has 0 saturated carbocycles. The van der Waals surface area contributed by atoms with E-state index in [1.54, 1.807) is 24.1 Å². The number of carbonyl (C=O) groups is 2. The molecule has 0 radical (unpaired) electrons. The average molecular weight is 444 g/mol. The fraction of sp³-hybridized carbons (Fsp3) is 0.417. The van der Waals surface area contributed by atoms with Gasteiger partial charge in [0.25, 0.3) is 5.91 Å². The molecule has 1 atom stereocenters. The normalized spacial score (nSPS) is 15.6. The molecule has 31 heavy (non-hydrogen) atoms. The van der Waals surface area contributed by atoms with Crippen molar-refractivity contribution in [3.63, 3.8) is 0 Å². The third-order valence-corrected chi connectivity index (χ3v) is 5.92. The third kappa shape index (κ3) is 5.99. The van der Waals surface area contributed by atoms with Crippen molar-refractivity contribution >= 4 is 23.4 Å². The first-order chi connectivity index (χ1) is 14.9. The molecule has 2 aromatic rings. The maximum Gasteiger partial charge on any atom is 0.255 e. The molecule has 1 fully saturated rings. The number of hydrogen-bond donors (Lipinski definition) is 1. The van der Waals surface area contributed by atoms with Gasteiger partial charge in [-0.2, -0.15) is 0 Å². The summed E-state index contributed by atoms with van der Waals surface area (Å²) in [5.41, 5.74) is 1.58. The second-order valence-corrected chi connectivity index (χ2v) is 8.52. The number of rotatable bonds is 7. The van der Waals surface area contributed by atoms with Crippen LogP contribution in [0, 0.1) is 5.92 Å². The van der Waals surface area contributed by atoms with Gasteiger partial charge in [-0.05, 0) is 35.7 Å². The van der Waals surface area contributed by atoms with Crippen molar-refractivity contribution < 1.29 is 14.3 Å². The molecule has 0 aliphatic carbocycles. The Morgan fingerprint density at radius 3 is 2.26 bits per heavy atom. The zero-order chi connectivity index (χ0) is 22.4. The van der Waals surface area contributed by atoms with Gasteiger partial charge >= 0.3 is 0 Å². The van der Waals surface area contributed by atoms with Gasteiger partial charge in [0.15, 0.2) is 0 Å². The van der Waals surface area contributed by atoms with E-state index in [-0.39, 0.29) is 23.8 Å². The number of ether oxygens (including phenoxy) is 1. The van der Waals surface area contributed by atoms with Gasteiger partial charge in [0.1, 0.15) is 5.75 Å². The Kier molecular flexibility index (Phi) is 7.93. The van der Waals surface area contributed by atoms with E-state index in [4.69, 9.17) is 16.3 Å². The Hall–Kier alpha value is -2.57. The Morgan fingerprint density at radius 2 is 1.68 bits per heavy atom. The Labute approximate surface area is 189 Å². The molecule has 2 aromatic carbocycles. The van der Waals surface area contributed by atoms with Gasteiger partial charge in [-0.1, -0.05) is 49.7 Å². The van der Waals surface area contributed by atoms with Crippen LogP contribution >= 0.6 is 11.6 Å². The number of benzene rings is 2. The lowest BCUT2D eigenvalue weighted by Crippen LogP contribution is -2.51. The molecule has 3 rings (SSSR count). The fourth-order valence-electron chi connectivity index (χ4n) is 3.78. The highest BCUT2D eigenvalue weighted by atomic mass is 35.5. The quantitative estimate of drug-likeness (QED) is 0.710. The summed E-state index contributed by atoms with van der Waals surface area (Å²) in [5.74, 6) is 0.971. The predicted molar refractivity (Wildman–Crippen MR) is 123 cm³/mol. The SMILES string of the molecule is COc1ccc(C(NC(=O)CN2CCN(C(=O)c3ccccc3Cl)CC2)C(C)C)cc1. The lowest BCUT2D eigenvalue weighted by Gasteiger charge is -2.35. The van der Waals surface area contributed by atoms with Crippen LogP contribution in [0.2, 0.25) is 5.02 Å². The maximum absolute atomic E-state index is 12.7. The zero-order valence-corrected chi connectivity index (χ0v) is 19.1. The minimum Gasteiger partial charge on any atom is -0.497 e. The highest BCUT2D eigenvalue weighted by Crippen LogP contribution is 2.24. The second kappa shape index (κ2) is 10.6. The Morgan fingerprint density at radius 1 is 1.03 bits per heavy atom. The van der Waals surface area contributed by atoms with Crippen LogP contribution in [0.4, 0.5) is 0 Å². The van der Waals surface area contributed by atoms with Crippen LogP contribution in [0.25, 0.3) is 0 Å². The first-order valence-corrected chi connectivity index (χ1v) is 11.0. The van der Waals surface area contributed by atoms with E-state index in [1.165, 1.54) is 0 Å². The lowest BCUT2D eigenvalue weighted by atomic mass is 9.96. The third-order valence-electron chi connectivity index (χ3n) is 5.59. The van der Waals surface area contributed by atoms with Crippen LogP contribution in [0.1, 0.15) is 35.8 Å². The van der Waals surface area contributed by atoms with Crippen molar-refractivity contribution in [2.24, 2.45) is 5.92 Å². The number of halogens is 1. The lowest BCUT2D eigenvalue weighted by molar-refractivity contribution is -0.123. The topological polar surface area (TPSA) is 61.9 Å². The van der Waals surface area contributed by atoms with Gasteiger partial charge in [-0.3, -0.25) is 14.5 Å². The first-order valence-electron chi connectivity index (χ1n) is 10.6. The minimum atomic E-state index is -0.0681. The average Bonchev–Trinajstić information content (AvgIpc) is 2.78. The van der Waals surface area contributed by atoms with Crippen molar-refractivity contribution in [2.75, 3.05) is 39.8 Å². The van der Waals surface area contributed by atoms with Gasteiger partial charge in [0, 0.05) is 26.2 Å². The molecule has 1 aliphatic heterocycles. The van der Waals surface area contributed by atoms with Gasteiger partial charge in [-0.25, -0.2) is 0 Å².